The number of ether oxygens (including phenoxy) is 1. The maximum atomic E-state index is 6.17. The Morgan fingerprint density at radius 1 is 1.15 bits per heavy atom. The van der Waals surface area contributed by atoms with Gasteiger partial charge in [0.2, 0.25) is 5.95 Å². The van der Waals surface area contributed by atoms with Gasteiger partial charge in [-0.25, -0.2) is 9.97 Å². The van der Waals surface area contributed by atoms with Gasteiger partial charge in [0.15, 0.2) is 0 Å². The molecule has 130 valence electrons. The molecule has 0 unspecified atom stereocenters. The maximum absolute atomic E-state index is 6.17. The smallest absolute Gasteiger partial charge is 0.206 e. The van der Waals surface area contributed by atoms with Crippen LogP contribution in [0, 0.1) is 0 Å². The molecule has 0 aliphatic carbocycles. The average molecular weight is 346 g/mol. The molecule has 0 radical (unpaired) electrons. The number of anilines is 1. The van der Waals surface area contributed by atoms with Gasteiger partial charge in [-0.3, -0.25) is 14.3 Å². The number of aromatic nitrogens is 4. The van der Waals surface area contributed by atoms with Crippen molar-refractivity contribution in [1.82, 2.24) is 24.3 Å². The summed E-state index contributed by atoms with van der Waals surface area (Å²) < 4.78 is 7.26. The van der Waals surface area contributed by atoms with Gasteiger partial charge in [0.25, 0.3) is 0 Å². The highest BCUT2D eigenvalue weighted by molar-refractivity contribution is 5.96. The number of hydrogen-bond acceptors (Lipinski definition) is 6. The van der Waals surface area contributed by atoms with Crippen LogP contribution in [0.1, 0.15) is 17.0 Å². The third kappa shape index (κ3) is 2.28. The van der Waals surface area contributed by atoms with Gasteiger partial charge in [-0.2, -0.15) is 0 Å². The molecule has 4 heterocycles. The number of methoxy groups -OCH3 is 1. The third-order valence-electron chi connectivity index (χ3n) is 4.83. The van der Waals surface area contributed by atoms with Gasteiger partial charge >= 0.3 is 0 Å². The molecule has 0 fully saturated rings. The molecule has 0 amide bonds. The fourth-order valence-electron chi connectivity index (χ4n) is 3.63. The number of hydrogen-bond donors (Lipinski definition) is 1. The summed E-state index contributed by atoms with van der Waals surface area (Å²) in [4.78, 5) is 16.1. The SMILES string of the molecule is COc1cccc2c1nc(N)n1cc(CN3Cc4cccnc4C3)nc21. The fraction of sp³-hybridized carbons (Fsp3) is 0.211. The zero-order valence-corrected chi connectivity index (χ0v) is 14.4. The van der Waals surface area contributed by atoms with Crippen LogP contribution in [-0.2, 0) is 19.6 Å². The zero-order chi connectivity index (χ0) is 17.7. The second kappa shape index (κ2) is 5.67. The minimum absolute atomic E-state index is 0.405. The summed E-state index contributed by atoms with van der Waals surface area (Å²) in [6.07, 6.45) is 3.81. The topological polar surface area (TPSA) is 81.6 Å². The number of nitrogens with two attached hydrogens (primary N) is 1. The highest BCUT2D eigenvalue weighted by atomic mass is 16.5. The average Bonchev–Trinajstić information content (AvgIpc) is 3.25. The van der Waals surface area contributed by atoms with E-state index in [4.69, 9.17) is 15.5 Å². The Hall–Kier alpha value is -3.19. The second-order valence-corrected chi connectivity index (χ2v) is 6.51. The van der Waals surface area contributed by atoms with E-state index in [0.717, 1.165) is 47.6 Å². The molecule has 7 nitrogen and oxygen atoms in total. The number of imidazole rings is 1. The lowest BCUT2D eigenvalue weighted by Gasteiger charge is -2.11. The number of nitrogen functional groups attached to an aromatic ring is 1. The highest BCUT2D eigenvalue weighted by Gasteiger charge is 2.21. The van der Waals surface area contributed by atoms with Crippen molar-refractivity contribution in [3.8, 4) is 5.75 Å². The molecule has 0 saturated carbocycles. The van der Waals surface area contributed by atoms with Crippen LogP contribution in [0.4, 0.5) is 5.95 Å². The summed E-state index contributed by atoms with van der Waals surface area (Å²) in [7, 11) is 1.63. The van der Waals surface area contributed by atoms with Gasteiger partial charge in [0.1, 0.15) is 16.9 Å². The number of benzene rings is 1. The molecule has 0 spiro atoms. The van der Waals surface area contributed by atoms with Crippen molar-refractivity contribution >= 4 is 22.5 Å². The van der Waals surface area contributed by atoms with Gasteiger partial charge in [-0.1, -0.05) is 12.1 Å². The van der Waals surface area contributed by atoms with Crippen molar-refractivity contribution in [1.29, 1.82) is 0 Å². The Morgan fingerprint density at radius 2 is 2.08 bits per heavy atom. The molecule has 26 heavy (non-hydrogen) atoms. The molecule has 5 rings (SSSR count). The molecule has 0 saturated heterocycles. The molecule has 0 bridgehead atoms. The summed E-state index contributed by atoms with van der Waals surface area (Å²) in [5, 5.41) is 0.927. The lowest BCUT2D eigenvalue weighted by Crippen LogP contribution is -2.15. The fourth-order valence-corrected chi connectivity index (χ4v) is 3.63. The van der Waals surface area contributed by atoms with Gasteiger partial charge in [-0.05, 0) is 23.8 Å². The minimum Gasteiger partial charge on any atom is -0.494 e. The number of fused-ring (bicyclic) bond motifs is 4. The monoisotopic (exact) mass is 346 g/mol. The summed E-state index contributed by atoms with van der Waals surface area (Å²) in [6.45, 7) is 2.47. The van der Waals surface area contributed by atoms with Crippen molar-refractivity contribution in [3.63, 3.8) is 0 Å². The lowest BCUT2D eigenvalue weighted by molar-refractivity contribution is 0.271. The molecule has 1 aromatic carbocycles. The van der Waals surface area contributed by atoms with Crippen LogP contribution in [0.25, 0.3) is 16.6 Å². The van der Waals surface area contributed by atoms with Crippen molar-refractivity contribution in [2.75, 3.05) is 12.8 Å². The Balaban J connectivity index is 1.54. The van der Waals surface area contributed by atoms with Crippen LogP contribution in [0.5, 0.6) is 5.75 Å². The van der Waals surface area contributed by atoms with E-state index in [1.165, 1.54) is 5.56 Å². The van der Waals surface area contributed by atoms with E-state index in [0.29, 0.717) is 11.7 Å². The van der Waals surface area contributed by atoms with Crippen molar-refractivity contribution in [2.45, 2.75) is 19.6 Å². The van der Waals surface area contributed by atoms with E-state index >= 15 is 0 Å². The van der Waals surface area contributed by atoms with Crippen LogP contribution < -0.4 is 10.5 Å². The summed E-state index contributed by atoms with van der Waals surface area (Å²) in [6, 6.07) is 9.93. The lowest BCUT2D eigenvalue weighted by atomic mass is 10.2. The Morgan fingerprint density at radius 3 is 2.92 bits per heavy atom. The zero-order valence-electron chi connectivity index (χ0n) is 14.4. The van der Waals surface area contributed by atoms with Crippen LogP contribution >= 0.6 is 0 Å². The predicted octanol–water partition coefficient (Wildman–Crippen LogP) is 2.38. The summed E-state index contributed by atoms with van der Waals surface area (Å²) >= 11 is 0. The van der Waals surface area contributed by atoms with Gasteiger partial charge in [-0.15, -0.1) is 0 Å². The van der Waals surface area contributed by atoms with E-state index < -0.39 is 0 Å². The third-order valence-corrected chi connectivity index (χ3v) is 4.83. The van der Waals surface area contributed by atoms with Gasteiger partial charge < -0.3 is 10.5 Å². The van der Waals surface area contributed by atoms with E-state index in [9.17, 15) is 0 Å². The molecular formula is C19H18N6O. The van der Waals surface area contributed by atoms with E-state index in [2.05, 4.69) is 20.9 Å². The normalized spacial score (nSPS) is 14.2. The van der Waals surface area contributed by atoms with Crippen molar-refractivity contribution in [2.24, 2.45) is 0 Å². The first-order valence-corrected chi connectivity index (χ1v) is 8.48. The first-order chi connectivity index (χ1) is 12.7. The first-order valence-electron chi connectivity index (χ1n) is 8.48. The largest absolute Gasteiger partial charge is 0.494 e. The summed E-state index contributed by atoms with van der Waals surface area (Å²) in [5.74, 6) is 1.10. The molecule has 2 N–H and O–H groups in total. The van der Waals surface area contributed by atoms with E-state index in [1.54, 1.807) is 7.11 Å². The Labute approximate surface area is 150 Å². The quantitative estimate of drug-likeness (QED) is 0.613. The summed E-state index contributed by atoms with van der Waals surface area (Å²) in [5.41, 5.74) is 11.1. The van der Waals surface area contributed by atoms with Crippen LogP contribution in [0.15, 0.2) is 42.7 Å². The van der Waals surface area contributed by atoms with Crippen LogP contribution in [-0.4, -0.2) is 31.4 Å². The standard InChI is InChI=1S/C19H18N6O/c1-26-16-6-2-5-14-17(16)23-19(20)25-10-13(22-18(14)25)9-24-8-12-4-3-7-21-15(12)11-24/h2-7,10H,8-9,11H2,1H3,(H2,20,23). The molecule has 1 aliphatic rings. The van der Waals surface area contributed by atoms with Crippen molar-refractivity contribution in [3.05, 3.63) is 59.7 Å². The Bertz CT molecular complexity index is 1110. The number of nitrogens with zero attached hydrogens (tertiary/aromatic N) is 5. The number of para-hydroxylation sites is 1. The number of rotatable bonds is 3. The van der Waals surface area contributed by atoms with E-state index in [1.807, 2.05) is 41.1 Å². The van der Waals surface area contributed by atoms with Crippen LogP contribution in [0.2, 0.25) is 0 Å². The molecular weight excluding hydrogens is 328 g/mol. The number of pyridine rings is 1. The maximum Gasteiger partial charge on any atom is 0.206 e. The molecule has 0 atom stereocenters. The van der Waals surface area contributed by atoms with E-state index in [-0.39, 0.29) is 0 Å². The minimum atomic E-state index is 0.405. The van der Waals surface area contributed by atoms with Gasteiger partial charge in [0.05, 0.1) is 18.5 Å². The molecule has 1 aliphatic heterocycles. The van der Waals surface area contributed by atoms with Gasteiger partial charge in [0, 0.05) is 37.4 Å². The Kier molecular flexibility index (Phi) is 3.29. The molecule has 7 heteroatoms. The predicted molar refractivity (Wildman–Crippen MR) is 98.6 cm³/mol. The second-order valence-electron chi connectivity index (χ2n) is 6.51. The molecule has 3 aromatic heterocycles. The highest BCUT2D eigenvalue weighted by Crippen LogP contribution is 2.29. The first kappa shape index (κ1) is 15.1. The van der Waals surface area contributed by atoms with Crippen LogP contribution in [0.3, 0.4) is 0 Å². The molecule has 4 aromatic rings. The van der Waals surface area contributed by atoms with Crippen molar-refractivity contribution < 1.29 is 4.74 Å².